The summed E-state index contributed by atoms with van der Waals surface area (Å²) < 4.78 is 13.6. The average Bonchev–Trinajstić information content (AvgIpc) is 2.45. The maximum atomic E-state index is 13.6. The number of hydrogen-bond donors (Lipinski definition) is 1. The van der Waals surface area contributed by atoms with Crippen molar-refractivity contribution >= 4 is 17.6 Å². The molecule has 0 aromatic heterocycles. The molecule has 1 N–H and O–H groups in total. The minimum absolute atomic E-state index is 0.106. The quantitative estimate of drug-likeness (QED) is 0.708. The van der Waals surface area contributed by atoms with Crippen LogP contribution in [0.1, 0.15) is 44.9 Å². The number of carboxylic acid groups (broad SMARTS) is 1. The van der Waals surface area contributed by atoms with E-state index in [9.17, 15) is 14.0 Å². The van der Waals surface area contributed by atoms with E-state index in [1.54, 1.807) is 25.2 Å². The molecule has 1 amide bonds. The summed E-state index contributed by atoms with van der Waals surface area (Å²) in [5.41, 5.74) is 0.295. The number of para-hydroxylation sites is 1. The summed E-state index contributed by atoms with van der Waals surface area (Å²) in [4.78, 5) is 23.6. The molecule has 1 aromatic carbocycles. The zero-order chi connectivity index (χ0) is 15.7. The largest absolute Gasteiger partial charge is 0.481 e. The van der Waals surface area contributed by atoms with Crippen LogP contribution in [0.15, 0.2) is 24.3 Å². The molecule has 0 saturated carbocycles. The lowest BCUT2D eigenvalue weighted by Crippen LogP contribution is -2.26. The average molecular weight is 295 g/mol. The maximum absolute atomic E-state index is 13.6. The second-order valence-corrected chi connectivity index (χ2v) is 5.07. The number of halogens is 1. The van der Waals surface area contributed by atoms with Crippen molar-refractivity contribution in [3.8, 4) is 0 Å². The van der Waals surface area contributed by atoms with E-state index in [1.165, 1.54) is 11.0 Å². The van der Waals surface area contributed by atoms with Crippen LogP contribution >= 0.6 is 0 Å². The Balaban J connectivity index is 2.22. The summed E-state index contributed by atoms with van der Waals surface area (Å²) in [5.74, 6) is -1.27. The van der Waals surface area contributed by atoms with Crippen molar-refractivity contribution in [2.45, 2.75) is 44.9 Å². The minimum Gasteiger partial charge on any atom is -0.481 e. The Morgan fingerprint density at radius 1 is 1.05 bits per heavy atom. The molecule has 1 rings (SSSR count). The van der Waals surface area contributed by atoms with E-state index >= 15 is 0 Å². The van der Waals surface area contributed by atoms with Gasteiger partial charge in [-0.25, -0.2) is 4.39 Å². The second-order valence-electron chi connectivity index (χ2n) is 5.07. The van der Waals surface area contributed by atoms with Crippen LogP contribution < -0.4 is 4.90 Å². The third-order valence-corrected chi connectivity index (χ3v) is 3.37. The van der Waals surface area contributed by atoms with Gasteiger partial charge in [0.1, 0.15) is 5.82 Å². The van der Waals surface area contributed by atoms with Crippen LogP contribution in [0, 0.1) is 5.82 Å². The lowest BCUT2D eigenvalue weighted by atomic mass is 10.1. The van der Waals surface area contributed by atoms with Crippen LogP contribution in [-0.2, 0) is 9.59 Å². The Morgan fingerprint density at radius 3 is 2.24 bits per heavy atom. The summed E-state index contributed by atoms with van der Waals surface area (Å²) in [5, 5.41) is 8.50. The normalized spacial score (nSPS) is 10.4. The summed E-state index contributed by atoms with van der Waals surface area (Å²) in [6, 6.07) is 6.21. The highest BCUT2D eigenvalue weighted by Gasteiger charge is 2.13. The lowest BCUT2D eigenvalue weighted by molar-refractivity contribution is -0.137. The number of carbonyl (C=O) groups excluding carboxylic acids is 1. The molecule has 0 unspecified atom stereocenters. The molecule has 0 bridgehead atoms. The van der Waals surface area contributed by atoms with Crippen LogP contribution in [0.3, 0.4) is 0 Å². The van der Waals surface area contributed by atoms with Crippen molar-refractivity contribution in [2.75, 3.05) is 11.9 Å². The minimum atomic E-state index is -0.767. The van der Waals surface area contributed by atoms with Crippen molar-refractivity contribution in [1.29, 1.82) is 0 Å². The van der Waals surface area contributed by atoms with Gasteiger partial charge >= 0.3 is 5.97 Å². The molecule has 4 nitrogen and oxygen atoms in total. The molecule has 0 spiro atoms. The molecule has 0 radical (unpaired) electrons. The second kappa shape index (κ2) is 9.10. The van der Waals surface area contributed by atoms with Gasteiger partial charge in [-0.3, -0.25) is 9.59 Å². The lowest BCUT2D eigenvalue weighted by Gasteiger charge is -2.17. The van der Waals surface area contributed by atoms with Crippen molar-refractivity contribution in [1.82, 2.24) is 0 Å². The topological polar surface area (TPSA) is 57.6 Å². The maximum Gasteiger partial charge on any atom is 0.303 e. The third-order valence-electron chi connectivity index (χ3n) is 3.37. The third kappa shape index (κ3) is 6.38. The molecule has 0 heterocycles. The Morgan fingerprint density at radius 2 is 1.62 bits per heavy atom. The first-order chi connectivity index (χ1) is 10.0. The zero-order valence-electron chi connectivity index (χ0n) is 12.3. The number of benzene rings is 1. The van der Waals surface area contributed by atoms with Gasteiger partial charge in [-0.15, -0.1) is 0 Å². The van der Waals surface area contributed by atoms with Gasteiger partial charge in [0.25, 0.3) is 0 Å². The predicted octanol–water partition coefficient (Wildman–Crippen LogP) is 3.60. The van der Waals surface area contributed by atoms with Gasteiger partial charge in [0.05, 0.1) is 5.69 Å². The Labute approximate surface area is 124 Å². The van der Waals surface area contributed by atoms with E-state index in [0.717, 1.165) is 25.7 Å². The predicted molar refractivity (Wildman–Crippen MR) is 79.8 cm³/mol. The number of anilines is 1. The van der Waals surface area contributed by atoms with Crippen molar-refractivity contribution in [3.63, 3.8) is 0 Å². The summed E-state index contributed by atoms with van der Waals surface area (Å²) in [6.07, 6.45) is 4.67. The number of rotatable bonds is 9. The van der Waals surface area contributed by atoms with Crippen LogP contribution in [-0.4, -0.2) is 24.0 Å². The standard InChI is InChI=1S/C16H22FNO3/c1-18(14-10-8-7-9-13(14)17)15(19)11-5-3-2-4-6-12-16(20)21/h7-10H,2-6,11-12H2,1H3,(H,20,21). The van der Waals surface area contributed by atoms with Gasteiger partial charge in [-0.2, -0.15) is 0 Å². The molecular weight excluding hydrogens is 273 g/mol. The Bertz CT molecular complexity index is 476. The molecule has 0 atom stereocenters. The molecule has 0 aliphatic rings. The van der Waals surface area contributed by atoms with Crippen LogP contribution in [0.5, 0.6) is 0 Å². The fourth-order valence-electron chi connectivity index (χ4n) is 2.11. The first kappa shape index (κ1) is 17.1. The van der Waals surface area contributed by atoms with Gasteiger partial charge < -0.3 is 10.0 Å². The summed E-state index contributed by atoms with van der Waals surface area (Å²) in [7, 11) is 1.58. The highest BCUT2D eigenvalue weighted by atomic mass is 19.1. The number of unbranched alkanes of at least 4 members (excludes halogenated alkanes) is 4. The molecule has 0 fully saturated rings. The number of carbonyl (C=O) groups is 2. The van der Waals surface area contributed by atoms with Crippen LogP contribution in [0.25, 0.3) is 0 Å². The highest BCUT2D eigenvalue weighted by Crippen LogP contribution is 2.18. The molecule has 0 aliphatic heterocycles. The van der Waals surface area contributed by atoms with Gasteiger partial charge in [0.15, 0.2) is 0 Å². The van der Waals surface area contributed by atoms with E-state index in [-0.39, 0.29) is 12.3 Å². The fourth-order valence-corrected chi connectivity index (χ4v) is 2.11. The number of hydrogen-bond acceptors (Lipinski definition) is 2. The van der Waals surface area contributed by atoms with Gasteiger partial charge in [0, 0.05) is 19.9 Å². The monoisotopic (exact) mass is 295 g/mol. The Hall–Kier alpha value is -1.91. The van der Waals surface area contributed by atoms with E-state index in [2.05, 4.69) is 0 Å². The highest BCUT2D eigenvalue weighted by molar-refractivity contribution is 5.92. The van der Waals surface area contributed by atoms with Crippen molar-refractivity contribution < 1.29 is 19.1 Å². The van der Waals surface area contributed by atoms with Crippen molar-refractivity contribution in [2.24, 2.45) is 0 Å². The molecule has 0 saturated heterocycles. The van der Waals surface area contributed by atoms with E-state index in [0.29, 0.717) is 18.5 Å². The number of carboxylic acids is 1. The van der Waals surface area contributed by atoms with Gasteiger partial charge in [-0.05, 0) is 25.0 Å². The molecule has 5 heteroatoms. The number of amides is 1. The first-order valence-corrected chi connectivity index (χ1v) is 7.25. The van der Waals surface area contributed by atoms with E-state index < -0.39 is 11.8 Å². The van der Waals surface area contributed by atoms with Gasteiger partial charge in [-0.1, -0.05) is 31.4 Å². The molecule has 1 aromatic rings. The van der Waals surface area contributed by atoms with Crippen LogP contribution in [0.4, 0.5) is 10.1 Å². The van der Waals surface area contributed by atoms with Gasteiger partial charge in [0.2, 0.25) is 5.91 Å². The van der Waals surface area contributed by atoms with E-state index in [4.69, 9.17) is 5.11 Å². The summed E-state index contributed by atoms with van der Waals surface area (Å²) >= 11 is 0. The number of nitrogens with zero attached hydrogens (tertiary/aromatic N) is 1. The molecule has 21 heavy (non-hydrogen) atoms. The molecule has 0 aliphatic carbocycles. The summed E-state index contributed by atoms with van der Waals surface area (Å²) in [6.45, 7) is 0. The first-order valence-electron chi connectivity index (χ1n) is 7.25. The molecular formula is C16H22FNO3. The number of aliphatic carboxylic acids is 1. The smallest absolute Gasteiger partial charge is 0.303 e. The van der Waals surface area contributed by atoms with Crippen molar-refractivity contribution in [3.05, 3.63) is 30.1 Å². The Kier molecular flexibility index (Phi) is 7.43. The van der Waals surface area contributed by atoms with E-state index in [1.807, 2.05) is 0 Å². The van der Waals surface area contributed by atoms with Crippen LogP contribution in [0.2, 0.25) is 0 Å². The SMILES string of the molecule is CN(C(=O)CCCCCCCC(=O)O)c1ccccc1F. The fraction of sp³-hybridized carbons (Fsp3) is 0.500. The zero-order valence-corrected chi connectivity index (χ0v) is 12.3. The molecule has 116 valence electrons.